The Labute approximate surface area is 393 Å². The predicted molar refractivity (Wildman–Crippen MR) is 254 cm³/mol. The van der Waals surface area contributed by atoms with E-state index in [4.69, 9.17) is 0 Å². The fourth-order valence-corrected chi connectivity index (χ4v) is 6.62. The van der Waals surface area contributed by atoms with Gasteiger partial charge in [-0.3, -0.25) is 0 Å². The number of unbranched alkanes of at least 4 members (excludes halogenated alkanes) is 4. The fourth-order valence-electron chi connectivity index (χ4n) is 5.37. The van der Waals surface area contributed by atoms with Crippen molar-refractivity contribution in [1.82, 2.24) is 0 Å². The van der Waals surface area contributed by atoms with E-state index in [2.05, 4.69) is 191 Å². The summed E-state index contributed by atoms with van der Waals surface area (Å²) in [7, 11) is 1.31. The van der Waals surface area contributed by atoms with Crippen molar-refractivity contribution >= 4 is 31.1 Å². The minimum absolute atomic E-state index is 0. The molecule has 1 aliphatic rings. The largest absolute Gasteiger partial charge is 3.00 e. The molecule has 6 aromatic rings. The van der Waals surface area contributed by atoms with Crippen molar-refractivity contribution in [3.63, 3.8) is 0 Å². The second-order valence-corrected chi connectivity index (χ2v) is 15.2. The molecule has 1 fully saturated rings. The van der Waals surface area contributed by atoms with E-state index in [1.807, 2.05) is 0 Å². The molecule has 0 aromatic heterocycles. The summed E-state index contributed by atoms with van der Waals surface area (Å²) in [5.41, 5.74) is 8.11. The van der Waals surface area contributed by atoms with Gasteiger partial charge in [0.1, 0.15) is 0 Å². The molecule has 0 unspecified atom stereocenters. The van der Waals surface area contributed by atoms with Crippen molar-refractivity contribution in [1.29, 1.82) is 0 Å². The predicted octanol–water partition coefficient (Wildman–Crippen LogP) is 17.4. The van der Waals surface area contributed by atoms with Crippen LogP contribution in [0.2, 0.25) is 12.1 Å². The van der Waals surface area contributed by atoms with Crippen molar-refractivity contribution < 1.29 is 52.4 Å². The zero-order valence-corrected chi connectivity index (χ0v) is 42.7. The molecule has 0 N–H and O–H groups in total. The Morgan fingerprint density at radius 3 is 1.02 bits per heavy atom. The Balaban J connectivity index is 0. The smallest absolute Gasteiger partial charge is 0.343 e. The van der Waals surface area contributed by atoms with E-state index in [0.29, 0.717) is 0 Å². The molecule has 57 heavy (non-hydrogen) atoms. The van der Waals surface area contributed by atoms with Crippen molar-refractivity contribution in [3.8, 4) is 22.3 Å². The molecular formula is C54H74SiZr2. The van der Waals surface area contributed by atoms with Gasteiger partial charge in [0, 0.05) is 9.52 Å². The molecule has 0 amide bonds. The van der Waals surface area contributed by atoms with Gasteiger partial charge in [-0.15, -0.1) is 69.1 Å². The first kappa shape index (κ1) is 57.2. The molecule has 0 aliphatic carbocycles. The maximum atomic E-state index is 3.60. The zero-order valence-electron chi connectivity index (χ0n) is 36.8. The first-order valence-corrected chi connectivity index (χ1v) is 22.7. The normalized spacial score (nSPS) is 10.7. The molecule has 0 atom stereocenters. The summed E-state index contributed by atoms with van der Waals surface area (Å²) in [5, 5.41) is 5.44. The van der Waals surface area contributed by atoms with Crippen molar-refractivity contribution in [2.75, 3.05) is 0 Å². The van der Waals surface area contributed by atoms with Crippen LogP contribution in [0.4, 0.5) is 0 Å². The zero-order chi connectivity index (χ0) is 40.5. The van der Waals surface area contributed by atoms with E-state index in [-0.39, 0.29) is 52.4 Å². The summed E-state index contributed by atoms with van der Waals surface area (Å²) < 4.78 is 0. The van der Waals surface area contributed by atoms with Gasteiger partial charge in [0.2, 0.25) is 0 Å². The Bertz CT molecular complexity index is 1580. The van der Waals surface area contributed by atoms with E-state index in [1.54, 1.807) is 0 Å². The van der Waals surface area contributed by atoms with Crippen LogP contribution in [0.3, 0.4) is 0 Å². The van der Waals surface area contributed by atoms with Gasteiger partial charge in [-0.2, -0.15) is 37.8 Å². The van der Waals surface area contributed by atoms with Gasteiger partial charge in [0.05, 0.1) is 0 Å². The summed E-state index contributed by atoms with van der Waals surface area (Å²) in [6, 6.07) is 46.6. The van der Waals surface area contributed by atoms with Crippen LogP contribution in [0, 0.1) is 27.7 Å². The van der Waals surface area contributed by atoms with Gasteiger partial charge in [0.25, 0.3) is 0 Å². The maximum Gasteiger partial charge on any atom is 3.00 e. The molecule has 1 aliphatic heterocycles. The molecule has 1 heterocycles. The van der Waals surface area contributed by atoms with E-state index >= 15 is 0 Å². The minimum atomic E-state index is 0. The van der Waals surface area contributed by atoms with Gasteiger partial charge in [-0.1, -0.05) is 176 Å². The number of benzene rings is 4. The molecule has 0 bridgehead atoms. The molecule has 0 spiro atoms. The van der Waals surface area contributed by atoms with Crippen molar-refractivity contribution in [2.24, 2.45) is 0 Å². The quantitative estimate of drug-likeness (QED) is 0.105. The number of rotatable bonds is 8. The second kappa shape index (κ2) is 38.3. The van der Waals surface area contributed by atoms with Crippen molar-refractivity contribution in [2.45, 2.75) is 131 Å². The van der Waals surface area contributed by atoms with Crippen LogP contribution in [0.25, 0.3) is 43.8 Å². The number of aryl methyl sites for hydroxylation is 2. The molecule has 7 rings (SSSR count). The van der Waals surface area contributed by atoms with Gasteiger partial charge < -0.3 is 27.7 Å². The third-order valence-electron chi connectivity index (χ3n) is 8.98. The van der Waals surface area contributed by atoms with E-state index in [0.717, 1.165) is 38.5 Å². The first-order valence-electron chi connectivity index (χ1n) is 21.3. The average Bonchev–Trinajstić information content (AvgIpc) is 4.07. The van der Waals surface area contributed by atoms with Crippen LogP contribution in [0.5, 0.6) is 0 Å². The van der Waals surface area contributed by atoms with Crippen LogP contribution < -0.4 is 0 Å². The van der Waals surface area contributed by atoms with Gasteiger partial charge in [0.15, 0.2) is 0 Å². The Kier molecular flexibility index (Phi) is 38.4. The number of hydrogen-bond donors (Lipinski definition) is 0. The molecule has 302 valence electrons. The number of fused-ring (bicyclic) bond motifs is 2. The Morgan fingerprint density at radius 2 is 0.772 bits per heavy atom. The Morgan fingerprint density at radius 1 is 0.456 bits per heavy atom. The summed E-state index contributed by atoms with van der Waals surface area (Å²) >= 11 is 0. The van der Waals surface area contributed by atoms with E-state index in [9.17, 15) is 0 Å². The SMILES string of the molecule is C1CC[Si]C1.CCc1cc2c(-c3ccccc3)cccc2[cH-]1.CCc1cc2c(-c3ccccc3)cccc2[cH-]1.[CH2-]CCC.[CH2-]CCC.[CH2-]CCC.[CH2-]CCC.[Zr+3].[Zr+3]. The second-order valence-electron chi connectivity index (χ2n) is 13.7. The molecule has 0 saturated carbocycles. The monoisotopic (exact) mass is 930 g/mol. The maximum absolute atomic E-state index is 3.60. The van der Waals surface area contributed by atoms with Crippen LogP contribution in [-0.4, -0.2) is 9.52 Å². The summed E-state index contributed by atoms with van der Waals surface area (Å²) in [6.45, 7) is 27.3. The van der Waals surface area contributed by atoms with E-state index < -0.39 is 0 Å². The first-order chi connectivity index (χ1) is 26.9. The molecular weight excluding hydrogens is 859 g/mol. The Hall–Kier alpha value is -1.92. The molecule has 6 aromatic carbocycles. The van der Waals surface area contributed by atoms with Crippen LogP contribution in [0.1, 0.15) is 117 Å². The van der Waals surface area contributed by atoms with Gasteiger partial charge in [-0.05, 0) is 24.0 Å². The van der Waals surface area contributed by atoms with Crippen LogP contribution in [0.15, 0.2) is 121 Å². The van der Waals surface area contributed by atoms with Gasteiger partial charge >= 0.3 is 52.4 Å². The van der Waals surface area contributed by atoms with E-state index in [1.165, 1.54) is 115 Å². The summed E-state index contributed by atoms with van der Waals surface area (Å²) in [4.78, 5) is 0. The van der Waals surface area contributed by atoms with Crippen molar-refractivity contribution in [3.05, 3.63) is 160 Å². The average molecular weight is 934 g/mol. The van der Waals surface area contributed by atoms with Crippen LogP contribution >= 0.6 is 0 Å². The minimum Gasteiger partial charge on any atom is -0.343 e. The fraction of sp³-hybridized carbons (Fsp3) is 0.370. The molecule has 3 heteroatoms. The molecule has 1 saturated heterocycles. The summed E-state index contributed by atoms with van der Waals surface area (Å²) in [6.07, 6.45) is 14.3. The van der Waals surface area contributed by atoms with Crippen LogP contribution in [-0.2, 0) is 65.2 Å². The third-order valence-corrected chi connectivity index (χ3v) is 10.4. The summed E-state index contributed by atoms with van der Waals surface area (Å²) in [5.74, 6) is 0. The van der Waals surface area contributed by atoms with Gasteiger partial charge in [-0.25, -0.2) is 0 Å². The molecule has 4 radical (unpaired) electrons. The third kappa shape index (κ3) is 23.5. The topological polar surface area (TPSA) is 0 Å². The standard InChI is InChI=1S/2C17H15.C4H8Si.4C4H9.2Zr/c2*1-2-13-11-15-9-6-10-16(17(15)12-13)14-7-4-3-5-8-14;1-2-4-5-3-1;4*1-3-4-2;;/h2*3-12H,2H2,1H3;1-4H2;4*1,3-4H2,2H3;;/q2*-1;;4*-1;2*+3. The molecule has 0 nitrogen and oxygen atoms in total. The number of hydrogen-bond acceptors (Lipinski definition) is 0.